The monoisotopic (exact) mass is 287 g/mol. The van der Waals surface area contributed by atoms with Crippen LogP contribution < -0.4 is 5.32 Å². The lowest BCUT2D eigenvalue weighted by Crippen LogP contribution is -2.54. The van der Waals surface area contributed by atoms with Crippen LogP contribution in [0.25, 0.3) is 0 Å². The summed E-state index contributed by atoms with van der Waals surface area (Å²) in [6.07, 6.45) is 5.19. The Kier molecular flexibility index (Phi) is 3.16. The molecule has 2 atom stereocenters. The Balaban J connectivity index is 2.00. The Bertz CT molecular complexity index is 643. The lowest BCUT2D eigenvalue weighted by molar-refractivity contribution is -0.138. The topological polar surface area (TPSA) is 71.0 Å². The van der Waals surface area contributed by atoms with Gasteiger partial charge in [0.05, 0.1) is 18.4 Å². The predicted molar refractivity (Wildman–Crippen MR) is 77.2 cm³/mol. The van der Waals surface area contributed by atoms with Gasteiger partial charge in [0.1, 0.15) is 5.70 Å². The molecule has 6 heteroatoms. The van der Waals surface area contributed by atoms with Gasteiger partial charge in [-0.3, -0.25) is 4.79 Å². The number of fused-ring (bicyclic) bond motifs is 3. The number of esters is 1. The number of carbonyl (C=O) groups is 2. The van der Waals surface area contributed by atoms with Crippen molar-refractivity contribution in [2.75, 3.05) is 6.61 Å². The van der Waals surface area contributed by atoms with E-state index in [1.165, 1.54) is 0 Å². The van der Waals surface area contributed by atoms with Crippen molar-refractivity contribution in [3.63, 3.8) is 0 Å². The maximum absolute atomic E-state index is 12.2. The first kappa shape index (κ1) is 13.6. The summed E-state index contributed by atoms with van der Waals surface area (Å²) in [4.78, 5) is 30.2. The third kappa shape index (κ3) is 2.07. The van der Waals surface area contributed by atoms with E-state index in [-0.39, 0.29) is 11.9 Å². The summed E-state index contributed by atoms with van der Waals surface area (Å²) < 4.78 is 5.03. The van der Waals surface area contributed by atoms with E-state index in [4.69, 9.17) is 4.74 Å². The van der Waals surface area contributed by atoms with E-state index < -0.39 is 12.1 Å². The molecule has 1 aliphatic carbocycles. The standard InChI is InChI=1S/C15H17N3O3/c1-4-21-15(20)12-9(3)18-11-7-8(2)5-6-10(11)16-14(19)13(18)17-12/h5-7,11,13,17H,4H2,1-3H3. The van der Waals surface area contributed by atoms with E-state index in [0.717, 1.165) is 5.57 Å². The third-order valence-corrected chi connectivity index (χ3v) is 3.80. The van der Waals surface area contributed by atoms with Crippen molar-refractivity contribution in [3.05, 3.63) is 35.2 Å². The second-order valence-corrected chi connectivity index (χ2v) is 5.20. The quantitative estimate of drug-likeness (QED) is 0.763. The van der Waals surface area contributed by atoms with Crippen LogP contribution in [0.4, 0.5) is 0 Å². The number of nitrogens with one attached hydrogen (secondary N) is 1. The average Bonchev–Trinajstić information content (AvgIpc) is 2.79. The average molecular weight is 287 g/mol. The Morgan fingerprint density at radius 1 is 1.43 bits per heavy atom. The van der Waals surface area contributed by atoms with Crippen LogP contribution in [-0.2, 0) is 14.3 Å². The van der Waals surface area contributed by atoms with Crippen LogP contribution in [0.2, 0.25) is 0 Å². The molecular formula is C15H17N3O3. The molecule has 110 valence electrons. The molecule has 1 N–H and O–H groups in total. The maximum Gasteiger partial charge on any atom is 0.356 e. The fourth-order valence-corrected chi connectivity index (χ4v) is 2.81. The molecule has 1 amide bonds. The Labute approximate surface area is 122 Å². The normalized spacial score (nSPS) is 26.8. The molecule has 2 heterocycles. The minimum atomic E-state index is -0.631. The van der Waals surface area contributed by atoms with Gasteiger partial charge in [-0.1, -0.05) is 17.7 Å². The molecular weight excluding hydrogens is 270 g/mol. The van der Waals surface area contributed by atoms with Crippen LogP contribution in [0.15, 0.2) is 40.2 Å². The lowest BCUT2D eigenvalue weighted by Gasteiger charge is -2.37. The van der Waals surface area contributed by atoms with Gasteiger partial charge >= 0.3 is 5.97 Å². The highest BCUT2D eigenvalue weighted by Crippen LogP contribution is 2.30. The third-order valence-electron chi connectivity index (χ3n) is 3.80. The van der Waals surface area contributed by atoms with Crippen LogP contribution in [0.5, 0.6) is 0 Å². The fourth-order valence-electron chi connectivity index (χ4n) is 2.81. The Hall–Kier alpha value is -2.37. The number of aliphatic imine (C=N–C) groups is 1. The number of rotatable bonds is 2. The van der Waals surface area contributed by atoms with Crippen molar-refractivity contribution in [2.45, 2.75) is 33.0 Å². The smallest absolute Gasteiger partial charge is 0.356 e. The van der Waals surface area contributed by atoms with Crippen LogP contribution in [0.1, 0.15) is 20.8 Å². The number of hydrogen-bond donors (Lipinski definition) is 1. The molecule has 3 aliphatic rings. The minimum absolute atomic E-state index is 0.128. The van der Waals surface area contributed by atoms with Crippen molar-refractivity contribution in [1.82, 2.24) is 10.2 Å². The SMILES string of the molecule is CCOC(=O)C1=C(C)N2C3C=C(C)C=CC3=NC(=O)C2N1. The molecule has 2 unspecified atom stereocenters. The Morgan fingerprint density at radius 2 is 2.19 bits per heavy atom. The van der Waals surface area contributed by atoms with Gasteiger partial charge in [-0.15, -0.1) is 0 Å². The molecule has 0 spiro atoms. The first-order chi connectivity index (χ1) is 10.0. The van der Waals surface area contributed by atoms with E-state index in [1.54, 1.807) is 6.92 Å². The van der Waals surface area contributed by atoms with Crippen molar-refractivity contribution < 1.29 is 14.3 Å². The zero-order chi connectivity index (χ0) is 15.1. The zero-order valence-electron chi connectivity index (χ0n) is 12.2. The van der Waals surface area contributed by atoms with E-state index in [0.29, 0.717) is 23.7 Å². The molecule has 3 rings (SSSR count). The van der Waals surface area contributed by atoms with Gasteiger partial charge < -0.3 is 15.0 Å². The molecule has 0 radical (unpaired) electrons. The van der Waals surface area contributed by atoms with Gasteiger partial charge in [-0.2, -0.15) is 0 Å². The molecule has 21 heavy (non-hydrogen) atoms. The molecule has 0 fully saturated rings. The van der Waals surface area contributed by atoms with E-state index in [9.17, 15) is 9.59 Å². The number of allylic oxidation sites excluding steroid dienone is 3. The highest BCUT2D eigenvalue weighted by Gasteiger charge is 2.44. The summed E-state index contributed by atoms with van der Waals surface area (Å²) in [7, 11) is 0. The summed E-state index contributed by atoms with van der Waals surface area (Å²) in [6, 6.07) is -0.128. The summed E-state index contributed by atoms with van der Waals surface area (Å²) in [5.41, 5.74) is 2.85. The van der Waals surface area contributed by atoms with Crippen LogP contribution in [0, 0.1) is 0 Å². The van der Waals surface area contributed by atoms with Crippen molar-refractivity contribution >= 4 is 17.6 Å². The number of nitrogens with zero attached hydrogens (tertiary/aromatic N) is 2. The van der Waals surface area contributed by atoms with E-state index >= 15 is 0 Å². The van der Waals surface area contributed by atoms with Crippen molar-refractivity contribution in [1.29, 1.82) is 0 Å². The zero-order valence-corrected chi connectivity index (χ0v) is 12.2. The molecule has 0 bridgehead atoms. The summed E-state index contributed by atoms with van der Waals surface area (Å²) in [5, 5.41) is 2.95. The fraction of sp³-hybridized carbons (Fsp3) is 0.400. The molecule has 6 nitrogen and oxygen atoms in total. The largest absolute Gasteiger partial charge is 0.461 e. The second kappa shape index (κ2) is 4.87. The summed E-state index contributed by atoms with van der Waals surface area (Å²) in [5.74, 6) is -0.733. The van der Waals surface area contributed by atoms with Crippen molar-refractivity contribution in [3.8, 4) is 0 Å². The first-order valence-corrected chi connectivity index (χ1v) is 6.94. The second-order valence-electron chi connectivity index (χ2n) is 5.20. The van der Waals surface area contributed by atoms with Crippen molar-refractivity contribution in [2.24, 2.45) is 4.99 Å². The van der Waals surface area contributed by atoms with E-state index in [2.05, 4.69) is 10.3 Å². The molecule has 0 aromatic rings. The number of hydrogen-bond acceptors (Lipinski definition) is 5. The predicted octanol–water partition coefficient (Wildman–Crippen LogP) is 0.878. The number of amides is 1. The van der Waals surface area contributed by atoms with Crippen LogP contribution in [0.3, 0.4) is 0 Å². The minimum Gasteiger partial charge on any atom is -0.461 e. The van der Waals surface area contributed by atoms with Crippen LogP contribution in [-0.4, -0.2) is 41.3 Å². The molecule has 0 aromatic heterocycles. The van der Waals surface area contributed by atoms with Gasteiger partial charge in [0.15, 0.2) is 6.17 Å². The van der Waals surface area contributed by atoms with Gasteiger partial charge in [-0.05, 0) is 26.8 Å². The number of ether oxygens (including phenoxy) is 1. The van der Waals surface area contributed by atoms with Gasteiger partial charge in [0.25, 0.3) is 5.91 Å². The maximum atomic E-state index is 12.2. The molecule has 2 aliphatic heterocycles. The van der Waals surface area contributed by atoms with Gasteiger partial charge in [0, 0.05) is 5.70 Å². The lowest BCUT2D eigenvalue weighted by atomic mass is 9.97. The molecule has 0 saturated carbocycles. The summed E-state index contributed by atoms with van der Waals surface area (Å²) >= 11 is 0. The van der Waals surface area contributed by atoms with Gasteiger partial charge in [0.2, 0.25) is 0 Å². The molecule has 0 saturated heterocycles. The molecule has 0 aromatic carbocycles. The highest BCUT2D eigenvalue weighted by molar-refractivity contribution is 6.11. The number of carbonyl (C=O) groups excluding carboxylic acids is 2. The summed E-state index contributed by atoms with van der Waals surface area (Å²) in [6.45, 7) is 5.85. The Morgan fingerprint density at radius 3 is 2.90 bits per heavy atom. The van der Waals surface area contributed by atoms with E-state index in [1.807, 2.05) is 37.0 Å². The van der Waals surface area contributed by atoms with Gasteiger partial charge in [-0.25, -0.2) is 9.79 Å². The first-order valence-electron chi connectivity index (χ1n) is 6.94. The highest BCUT2D eigenvalue weighted by atomic mass is 16.5. The van der Waals surface area contributed by atoms with Crippen LogP contribution >= 0.6 is 0 Å².